The Morgan fingerprint density at radius 2 is 2.12 bits per heavy atom. The highest BCUT2D eigenvalue weighted by molar-refractivity contribution is 6.30. The summed E-state index contributed by atoms with van der Waals surface area (Å²) in [6.07, 6.45) is -2.94. The van der Waals surface area contributed by atoms with Crippen molar-refractivity contribution in [2.75, 3.05) is 6.61 Å². The molecule has 0 bridgehead atoms. The molecule has 0 aliphatic rings. The maximum absolute atomic E-state index is 11.3. The highest BCUT2D eigenvalue weighted by Crippen LogP contribution is 2.24. The van der Waals surface area contributed by atoms with Crippen molar-refractivity contribution in [2.24, 2.45) is 0 Å². The van der Waals surface area contributed by atoms with Gasteiger partial charge in [-0.3, -0.25) is 0 Å². The second-order valence-corrected chi connectivity index (χ2v) is 4.08. The largest absolute Gasteiger partial charge is 0.464 e. The second kappa shape index (κ2) is 6.00. The molecule has 0 amide bonds. The van der Waals surface area contributed by atoms with E-state index in [9.17, 15) is 15.0 Å². The zero-order chi connectivity index (χ0) is 13.0. The van der Waals surface area contributed by atoms with Crippen molar-refractivity contribution < 1.29 is 19.7 Å². The van der Waals surface area contributed by atoms with Crippen LogP contribution in [-0.2, 0) is 9.53 Å². The van der Waals surface area contributed by atoms with Crippen LogP contribution in [0.15, 0.2) is 18.2 Å². The van der Waals surface area contributed by atoms with E-state index in [1.165, 1.54) is 6.07 Å². The molecule has 0 fully saturated rings. The first kappa shape index (κ1) is 14.0. The summed E-state index contributed by atoms with van der Waals surface area (Å²) in [6.45, 7) is 3.53. The molecule has 0 heterocycles. The highest BCUT2D eigenvalue weighted by atomic mass is 35.5. The van der Waals surface area contributed by atoms with Crippen LogP contribution in [0.25, 0.3) is 0 Å². The van der Waals surface area contributed by atoms with Gasteiger partial charge >= 0.3 is 5.97 Å². The number of aliphatic hydroxyl groups is 2. The number of aliphatic hydroxyl groups excluding tert-OH is 2. The summed E-state index contributed by atoms with van der Waals surface area (Å²) in [5, 5.41) is 19.9. The molecular formula is C12H15ClO4. The zero-order valence-corrected chi connectivity index (χ0v) is 10.4. The van der Waals surface area contributed by atoms with E-state index in [1.807, 2.05) is 0 Å². The minimum Gasteiger partial charge on any atom is -0.464 e. The average Bonchev–Trinajstić information content (AvgIpc) is 2.30. The minimum absolute atomic E-state index is 0.150. The van der Waals surface area contributed by atoms with Gasteiger partial charge in [-0.15, -0.1) is 0 Å². The van der Waals surface area contributed by atoms with Gasteiger partial charge in [0.15, 0.2) is 6.10 Å². The van der Waals surface area contributed by atoms with Gasteiger partial charge in [0.1, 0.15) is 6.10 Å². The van der Waals surface area contributed by atoms with E-state index in [0.29, 0.717) is 10.6 Å². The topological polar surface area (TPSA) is 66.8 Å². The Hall–Kier alpha value is -1.10. The van der Waals surface area contributed by atoms with E-state index in [4.69, 9.17) is 11.6 Å². The van der Waals surface area contributed by atoms with Gasteiger partial charge in [0.2, 0.25) is 0 Å². The van der Waals surface area contributed by atoms with E-state index < -0.39 is 18.2 Å². The average molecular weight is 259 g/mol. The lowest BCUT2D eigenvalue weighted by molar-refractivity contribution is -0.159. The first-order valence-electron chi connectivity index (χ1n) is 5.26. The molecule has 0 radical (unpaired) electrons. The van der Waals surface area contributed by atoms with Gasteiger partial charge in [-0.05, 0) is 37.1 Å². The molecule has 0 saturated carbocycles. The maximum atomic E-state index is 11.3. The van der Waals surface area contributed by atoms with Gasteiger partial charge in [0, 0.05) is 5.02 Å². The van der Waals surface area contributed by atoms with Crippen LogP contribution in [0, 0.1) is 6.92 Å². The Balaban J connectivity index is 2.91. The predicted molar refractivity (Wildman–Crippen MR) is 63.8 cm³/mol. The van der Waals surface area contributed by atoms with Crippen molar-refractivity contribution in [3.05, 3.63) is 34.3 Å². The standard InChI is InChI=1S/C12H15ClO4/c1-3-17-12(16)11(15)10(14)9-6-8(13)5-4-7(9)2/h4-6,10-11,14-15H,3H2,1-2H3. The number of esters is 1. The molecular weight excluding hydrogens is 244 g/mol. The van der Waals surface area contributed by atoms with Gasteiger partial charge in [0.25, 0.3) is 0 Å². The fraction of sp³-hybridized carbons (Fsp3) is 0.417. The van der Waals surface area contributed by atoms with Gasteiger partial charge in [0.05, 0.1) is 6.61 Å². The molecule has 0 aliphatic carbocycles. The smallest absolute Gasteiger partial charge is 0.338 e. The van der Waals surface area contributed by atoms with Crippen molar-refractivity contribution >= 4 is 17.6 Å². The van der Waals surface area contributed by atoms with Crippen LogP contribution in [0.3, 0.4) is 0 Å². The van der Waals surface area contributed by atoms with Crippen LogP contribution in [-0.4, -0.2) is 28.9 Å². The first-order chi connectivity index (χ1) is 7.97. The van der Waals surface area contributed by atoms with Crippen molar-refractivity contribution in [1.82, 2.24) is 0 Å². The van der Waals surface area contributed by atoms with E-state index in [0.717, 1.165) is 5.56 Å². The number of carbonyl (C=O) groups is 1. The molecule has 0 saturated heterocycles. The molecule has 0 spiro atoms. The van der Waals surface area contributed by atoms with Gasteiger partial charge in [-0.2, -0.15) is 0 Å². The Morgan fingerprint density at radius 3 is 2.71 bits per heavy atom. The molecule has 5 heteroatoms. The summed E-state index contributed by atoms with van der Waals surface area (Å²) >= 11 is 5.80. The lowest BCUT2D eigenvalue weighted by Crippen LogP contribution is -2.30. The number of hydrogen-bond donors (Lipinski definition) is 2. The SMILES string of the molecule is CCOC(=O)C(O)C(O)c1cc(Cl)ccc1C. The molecule has 94 valence electrons. The lowest BCUT2D eigenvalue weighted by atomic mass is 9.99. The molecule has 2 atom stereocenters. The van der Waals surface area contributed by atoms with Crippen LogP contribution in [0.5, 0.6) is 0 Å². The molecule has 1 aromatic carbocycles. The Morgan fingerprint density at radius 1 is 1.47 bits per heavy atom. The minimum atomic E-state index is -1.60. The molecule has 2 N–H and O–H groups in total. The summed E-state index contributed by atoms with van der Waals surface area (Å²) in [7, 11) is 0. The van der Waals surface area contributed by atoms with E-state index in [-0.39, 0.29) is 6.61 Å². The number of benzene rings is 1. The molecule has 1 aromatic rings. The lowest BCUT2D eigenvalue weighted by Gasteiger charge is -2.18. The highest BCUT2D eigenvalue weighted by Gasteiger charge is 2.28. The van der Waals surface area contributed by atoms with E-state index in [1.54, 1.807) is 26.0 Å². The second-order valence-electron chi connectivity index (χ2n) is 3.64. The zero-order valence-electron chi connectivity index (χ0n) is 9.68. The third-order valence-electron chi connectivity index (χ3n) is 2.39. The van der Waals surface area contributed by atoms with Gasteiger partial charge in [-0.1, -0.05) is 17.7 Å². The summed E-state index contributed by atoms with van der Waals surface area (Å²) in [4.78, 5) is 11.3. The summed E-state index contributed by atoms with van der Waals surface area (Å²) < 4.78 is 4.63. The molecule has 0 aliphatic heterocycles. The van der Waals surface area contributed by atoms with E-state index >= 15 is 0 Å². The first-order valence-corrected chi connectivity index (χ1v) is 5.64. The summed E-state index contributed by atoms with van der Waals surface area (Å²) in [6, 6.07) is 4.90. The monoisotopic (exact) mass is 258 g/mol. The summed E-state index contributed by atoms with van der Waals surface area (Å²) in [5.74, 6) is -0.848. The Bertz CT molecular complexity index is 405. The number of rotatable bonds is 4. The fourth-order valence-electron chi connectivity index (χ4n) is 1.46. The fourth-order valence-corrected chi connectivity index (χ4v) is 1.64. The third kappa shape index (κ3) is 3.43. The molecule has 1 rings (SSSR count). The van der Waals surface area contributed by atoms with Crippen LogP contribution < -0.4 is 0 Å². The molecule has 17 heavy (non-hydrogen) atoms. The number of ether oxygens (including phenoxy) is 1. The van der Waals surface area contributed by atoms with Crippen molar-refractivity contribution in [3.8, 4) is 0 Å². The summed E-state index contributed by atoms with van der Waals surface area (Å²) in [5.41, 5.74) is 1.16. The maximum Gasteiger partial charge on any atom is 0.338 e. The normalized spacial score (nSPS) is 14.2. The number of carbonyl (C=O) groups excluding carboxylic acids is 1. The molecule has 0 aromatic heterocycles. The van der Waals surface area contributed by atoms with Crippen molar-refractivity contribution in [3.63, 3.8) is 0 Å². The molecule has 4 nitrogen and oxygen atoms in total. The van der Waals surface area contributed by atoms with Crippen molar-refractivity contribution in [2.45, 2.75) is 26.1 Å². The Labute approximate surface area is 105 Å². The number of aryl methyl sites for hydroxylation is 1. The van der Waals surface area contributed by atoms with Crippen LogP contribution in [0.2, 0.25) is 5.02 Å². The van der Waals surface area contributed by atoms with Crippen molar-refractivity contribution in [1.29, 1.82) is 0 Å². The Kier molecular flexibility index (Phi) is 4.93. The number of hydrogen-bond acceptors (Lipinski definition) is 4. The van der Waals surface area contributed by atoms with Gasteiger partial charge in [-0.25, -0.2) is 4.79 Å². The quantitative estimate of drug-likeness (QED) is 0.805. The van der Waals surface area contributed by atoms with Crippen LogP contribution in [0.4, 0.5) is 0 Å². The number of halogens is 1. The van der Waals surface area contributed by atoms with Gasteiger partial charge < -0.3 is 14.9 Å². The van der Waals surface area contributed by atoms with Crippen LogP contribution in [0.1, 0.15) is 24.2 Å². The van der Waals surface area contributed by atoms with Crippen LogP contribution >= 0.6 is 11.6 Å². The predicted octanol–water partition coefficient (Wildman–Crippen LogP) is 1.61. The van der Waals surface area contributed by atoms with E-state index in [2.05, 4.69) is 4.74 Å². The third-order valence-corrected chi connectivity index (χ3v) is 2.62. The molecule has 2 unspecified atom stereocenters.